The van der Waals surface area contributed by atoms with E-state index in [1.807, 2.05) is 54.9 Å². The standard InChI is InChI=1S/C18H22N2O3/c1-4-22-18(21)11-10-16-12-17(19-20(16)14(2)3)23-13-15-8-6-5-7-9-15/h5-12,14H,4,13H2,1-3H3/b11-10+. The Morgan fingerprint density at radius 3 is 2.70 bits per heavy atom. The van der Waals surface area contributed by atoms with Gasteiger partial charge in [0.1, 0.15) is 6.61 Å². The Kier molecular flexibility index (Phi) is 5.97. The molecule has 1 aromatic carbocycles. The van der Waals surface area contributed by atoms with Gasteiger partial charge in [0.25, 0.3) is 0 Å². The van der Waals surface area contributed by atoms with E-state index in [2.05, 4.69) is 5.10 Å². The number of rotatable bonds is 7. The summed E-state index contributed by atoms with van der Waals surface area (Å²) in [6.07, 6.45) is 3.10. The van der Waals surface area contributed by atoms with Gasteiger partial charge in [0.2, 0.25) is 5.88 Å². The monoisotopic (exact) mass is 314 g/mol. The molecule has 0 spiro atoms. The van der Waals surface area contributed by atoms with E-state index in [1.165, 1.54) is 6.08 Å². The van der Waals surface area contributed by atoms with Gasteiger partial charge in [0, 0.05) is 18.2 Å². The van der Waals surface area contributed by atoms with E-state index in [1.54, 1.807) is 13.0 Å². The average Bonchev–Trinajstić information content (AvgIpc) is 2.96. The summed E-state index contributed by atoms with van der Waals surface area (Å²) < 4.78 is 12.4. The third kappa shape index (κ3) is 4.98. The lowest BCUT2D eigenvalue weighted by Crippen LogP contribution is -2.06. The van der Waals surface area contributed by atoms with E-state index >= 15 is 0 Å². The van der Waals surface area contributed by atoms with E-state index in [9.17, 15) is 4.79 Å². The van der Waals surface area contributed by atoms with Crippen LogP contribution in [0.25, 0.3) is 6.08 Å². The minimum Gasteiger partial charge on any atom is -0.472 e. The second kappa shape index (κ2) is 8.17. The van der Waals surface area contributed by atoms with Gasteiger partial charge in [0.05, 0.1) is 12.3 Å². The van der Waals surface area contributed by atoms with Crippen molar-refractivity contribution in [2.24, 2.45) is 0 Å². The molecule has 0 saturated carbocycles. The maximum absolute atomic E-state index is 11.4. The fraction of sp³-hybridized carbons (Fsp3) is 0.333. The Balaban J connectivity index is 2.10. The summed E-state index contributed by atoms with van der Waals surface area (Å²) in [5.74, 6) is 0.168. The van der Waals surface area contributed by atoms with Crippen LogP contribution in [0, 0.1) is 0 Å². The number of nitrogens with zero attached hydrogens (tertiary/aromatic N) is 2. The number of ether oxygens (including phenoxy) is 2. The highest BCUT2D eigenvalue weighted by molar-refractivity contribution is 5.86. The van der Waals surface area contributed by atoms with Crippen LogP contribution in [0.4, 0.5) is 0 Å². The van der Waals surface area contributed by atoms with Crippen molar-refractivity contribution in [1.29, 1.82) is 0 Å². The second-order valence-corrected chi connectivity index (χ2v) is 5.31. The summed E-state index contributed by atoms with van der Waals surface area (Å²) in [6.45, 7) is 6.64. The zero-order valence-corrected chi connectivity index (χ0v) is 13.7. The van der Waals surface area contributed by atoms with Crippen molar-refractivity contribution < 1.29 is 14.3 Å². The van der Waals surface area contributed by atoms with Crippen molar-refractivity contribution in [3.05, 3.63) is 53.7 Å². The third-order valence-electron chi connectivity index (χ3n) is 3.14. The van der Waals surface area contributed by atoms with Gasteiger partial charge < -0.3 is 9.47 Å². The van der Waals surface area contributed by atoms with E-state index in [-0.39, 0.29) is 12.0 Å². The molecule has 0 aliphatic carbocycles. The normalized spacial score (nSPS) is 11.1. The van der Waals surface area contributed by atoms with Crippen molar-refractivity contribution in [2.45, 2.75) is 33.4 Å². The summed E-state index contributed by atoms with van der Waals surface area (Å²) in [5, 5.41) is 4.44. The highest BCUT2D eigenvalue weighted by Gasteiger charge is 2.10. The number of carbonyl (C=O) groups is 1. The number of esters is 1. The molecule has 5 heteroatoms. The smallest absolute Gasteiger partial charge is 0.330 e. The minimum absolute atomic E-state index is 0.158. The average molecular weight is 314 g/mol. The highest BCUT2D eigenvalue weighted by atomic mass is 16.5. The maximum atomic E-state index is 11.4. The molecule has 5 nitrogen and oxygen atoms in total. The number of benzene rings is 1. The van der Waals surface area contributed by atoms with Crippen LogP contribution in [0.3, 0.4) is 0 Å². The van der Waals surface area contributed by atoms with Gasteiger partial charge in [-0.2, -0.15) is 0 Å². The van der Waals surface area contributed by atoms with Gasteiger partial charge in [0.15, 0.2) is 0 Å². The molecule has 0 fully saturated rings. The first-order valence-electron chi connectivity index (χ1n) is 7.71. The fourth-order valence-corrected chi connectivity index (χ4v) is 2.07. The maximum Gasteiger partial charge on any atom is 0.330 e. The molecular weight excluding hydrogens is 292 g/mol. The third-order valence-corrected chi connectivity index (χ3v) is 3.14. The van der Waals surface area contributed by atoms with Gasteiger partial charge in [-0.25, -0.2) is 4.79 Å². The van der Waals surface area contributed by atoms with Crippen molar-refractivity contribution in [1.82, 2.24) is 9.78 Å². The zero-order valence-electron chi connectivity index (χ0n) is 13.7. The molecular formula is C18H22N2O3. The first-order valence-corrected chi connectivity index (χ1v) is 7.71. The van der Waals surface area contributed by atoms with Gasteiger partial charge >= 0.3 is 5.97 Å². The predicted octanol–water partition coefficient (Wildman–Crippen LogP) is 3.62. The molecule has 0 aliphatic rings. The molecule has 122 valence electrons. The lowest BCUT2D eigenvalue weighted by molar-refractivity contribution is -0.137. The van der Waals surface area contributed by atoms with Crippen LogP contribution in [-0.2, 0) is 16.1 Å². The van der Waals surface area contributed by atoms with Gasteiger partial charge in [-0.15, -0.1) is 5.10 Å². The summed E-state index contributed by atoms with van der Waals surface area (Å²) in [5.41, 5.74) is 1.88. The van der Waals surface area contributed by atoms with E-state index in [0.29, 0.717) is 19.1 Å². The Morgan fingerprint density at radius 2 is 2.04 bits per heavy atom. The molecule has 0 amide bonds. The second-order valence-electron chi connectivity index (χ2n) is 5.31. The molecule has 0 bridgehead atoms. The quantitative estimate of drug-likeness (QED) is 0.578. The molecule has 1 heterocycles. The lowest BCUT2D eigenvalue weighted by Gasteiger charge is -2.07. The van der Waals surface area contributed by atoms with E-state index in [4.69, 9.17) is 9.47 Å². The SMILES string of the molecule is CCOC(=O)/C=C/c1cc(OCc2ccccc2)nn1C(C)C. The summed E-state index contributed by atoms with van der Waals surface area (Å²) >= 11 is 0. The summed E-state index contributed by atoms with van der Waals surface area (Å²) in [7, 11) is 0. The lowest BCUT2D eigenvalue weighted by atomic mass is 10.2. The Bertz CT molecular complexity index is 660. The van der Waals surface area contributed by atoms with Crippen LogP contribution in [0.15, 0.2) is 42.5 Å². The Hall–Kier alpha value is -2.56. The highest BCUT2D eigenvalue weighted by Crippen LogP contribution is 2.19. The van der Waals surface area contributed by atoms with Gasteiger partial charge in [-0.1, -0.05) is 30.3 Å². The molecule has 0 atom stereocenters. The molecule has 0 radical (unpaired) electrons. The molecule has 0 aliphatic heterocycles. The van der Waals surface area contributed by atoms with Crippen LogP contribution in [0.2, 0.25) is 0 Å². The number of hydrogen-bond acceptors (Lipinski definition) is 4. The van der Waals surface area contributed by atoms with Crippen LogP contribution >= 0.6 is 0 Å². The largest absolute Gasteiger partial charge is 0.472 e. The zero-order chi connectivity index (χ0) is 16.7. The molecule has 0 N–H and O–H groups in total. The van der Waals surface area contributed by atoms with Crippen molar-refractivity contribution >= 4 is 12.0 Å². The Morgan fingerprint density at radius 1 is 1.30 bits per heavy atom. The number of aromatic nitrogens is 2. The predicted molar refractivity (Wildman–Crippen MR) is 89.1 cm³/mol. The molecule has 23 heavy (non-hydrogen) atoms. The van der Waals surface area contributed by atoms with Crippen molar-refractivity contribution in [3.63, 3.8) is 0 Å². The topological polar surface area (TPSA) is 53.4 Å². The van der Waals surface area contributed by atoms with Gasteiger partial charge in [-0.05, 0) is 32.4 Å². The minimum atomic E-state index is -0.365. The molecule has 2 rings (SSSR count). The first kappa shape index (κ1) is 16.8. The van der Waals surface area contributed by atoms with Crippen LogP contribution < -0.4 is 4.74 Å². The summed E-state index contributed by atoms with van der Waals surface area (Å²) in [6, 6.07) is 11.9. The van der Waals surface area contributed by atoms with Crippen LogP contribution in [0.5, 0.6) is 5.88 Å². The molecule has 0 saturated heterocycles. The van der Waals surface area contributed by atoms with Crippen LogP contribution in [0.1, 0.15) is 38.1 Å². The van der Waals surface area contributed by atoms with Crippen LogP contribution in [-0.4, -0.2) is 22.4 Å². The Labute approximate surface area is 136 Å². The number of hydrogen-bond donors (Lipinski definition) is 0. The molecule has 2 aromatic rings. The summed E-state index contributed by atoms with van der Waals surface area (Å²) in [4.78, 5) is 11.4. The number of carbonyl (C=O) groups excluding carboxylic acids is 1. The first-order chi connectivity index (χ1) is 11.1. The van der Waals surface area contributed by atoms with E-state index in [0.717, 1.165) is 11.3 Å². The fourth-order valence-electron chi connectivity index (χ4n) is 2.07. The molecule has 0 unspecified atom stereocenters. The molecule has 1 aromatic heterocycles. The van der Waals surface area contributed by atoms with E-state index < -0.39 is 0 Å². The van der Waals surface area contributed by atoms with Crippen molar-refractivity contribution in [3.8, 4) is 5.88 Å². The van der Waals surface area contributed by atoms with Crippen molar-refractivity contribution in [2.75, 3.05) is 6.61 Å². The van der Waals surface area contributed by atoms with Gasteiger partial charge in [-0.3, -0.25) is 4.68 Å².